The van der Waals surface area contributed by atoms with Gasteiger partial charge in [0.1, 0.15) is 17.2 Å². The lowest BCUT2D eigenvalue weighted by atomic mass is 9.76. The van der Waals surface area contributed by atoms with Crippen LogP contribution in [0.5, 0.6) is 28.7 Å². The Kier molecular flexibility index (Phi) is 7.41. The fourth-order valence-corrected chi connectivity index (χ4v) is 7.89. The Bertz CT molecular complexity index is 2250. The van der Waals surface area contributed by atoms with E-state index in [1.807, 2.05) is 24.3 Å². The lowest BCUT2D eigenvalue weighted by Crippen LogP contribution is -2.35. The molecule has 0 unspecified atom stereocenters. The smallest absolute Gasteiger partial charge is 0.178 e. The van der Waals surface area contributed by atoms with E-state index in [1.165, 1.54) is 38.9 Å². The first kappa shape index (κ1) is 31.6. The molecule has 2 aliphatic rings. The summed E-state index contributed by atoms with van der Waals surface area (Å²) in [4.78, 5) is 0. The number of aryl methyl sites for hydroxylation is 1. The molecule has 0 saturated carbocycles. The zero-order chi connectivity index (χ0) is 34.8. The average Bonchev–Trinajstić information content (AvgIpc) is 3.40. The van der Waals surface area contributed by atoms with Crippen molar-refractivity contribution < 1.29 is 23.7 Å². The number of rotatable bonds is 7. The Morgan fingerprint density at radius 2 is 1.14 bits per heavy atom. The summed E-state index contributed by atoms with van der Waals surface area (Å²) >= 11 is 0. The number of hydrogen-bond acceptors (Lipinski definition) is 5. The largest absolute Gasteiger partial charge is 0.497 e. The summed E-state index contributed by atoms with van der Waals surface area (Å²) in [5, 5.41) is 2.01. The highest BCUT2D eigenvalue weighted by Crippen LogP contribution is 2.59. The topological polar surface area (TPSA) is 46.2 Å². The van der Waals surface area contributed by atoms with Gasteiger partial charge >= 0.3 is 0 Å². The molecule has 0 atom stereocenters. The first-order valence-corrected chi connectivity index (χ1v) is 16.9. The number of ether oxygens (including phenoxy) is 5. The van der Waals surface area contributed by atoms with Crippen molar-refractivity contribution in [2.24, 2.45) is 0 Å². The molecule has 0 N–H and O–H groups in total. The second-order valence-corrected chi connectivity index (χ2v) is 13.6. The Morgan fingerprint density at radius 3 is 1.70 bits per heavy atom. The van der Waals surface area contributed by atoms with E-state index in [4.69, 9.17) is 23.7 Å². The van der Waals surface area contributed by atoms with E-state index in [2.05, 4.69) is 112 Å². The maximum Gasteiger partial charge on any atom is 0.178 e. The molecule has 8 rings (SSSR count). The summed E-state index contributed by atoms with van der Waals surface area (Å²) < 4.78 is 30.3. The van der Waals surface area contributed by atoms with Gasteiger partial charge in [0, 0.05) is 27.5 Å². The van der Waals surface area contributed by atoms with Crippen molar-refractivity contribution in [2.75, 3.05) is 28.4 Å². The van der Waals surface area contributed by atoms with Crippen LogP contribution in [0.4, 0.5) is 0 Å². The van der Waals surface area contributed by atoms with E-state index < -0.39 is 5.60 Å². The molecule has 1 heterocycles. The van der Waals surface area contributed by atoms with Crippen LogP contribution in [0.3, 0.4) is 0 Å². The molecule has 5 heteroatoms. The highest BCUT2D eigenvalue weighted by Gasteiger charge is 2.44. The number of fused-ring (bicyclic) bond motifs is 8. The van der Waals surface area contributed by atoms with E-state index in [0.717, 1.165) is 44.7 Å². The Labute approximate surface area is 293 Å². The van der Waals surface area contributed by atoms with Gasteiger partial charge in [-0.2, -0.15) is 0 Å². The molecule has 0 fully saturated rings. The minimum absolute atomic E-state index is 0.329. The molecule has 50 heavy (non-hydrogen) atoms. The molecule has 0 spiro atoms. The van der Waals surface area contributed by atoms with Crippen molar-refractivity contribution in [3.05, 3.63) is 143 Å². The molecular weight excluding hydrogens is 620 g/mol. The van der Waals surface area contributed by atoms with Gasteiger partial charge < -0.3 is 23.7 Å². The summed E-state index contributed by atoms with van der Waals surface area (Å²) in [5.41, 5.74) is 10.3. The zero-order valence-electron chi connectivity index (χ0n) is 29.5. The van der Waals surface area contributed by atoms with Crippen LogP contribution < -0.4 is 23.7 Å². The van der Waals surface area contributed by atoms with Crippen molar-refractivity contribution in [3.8, 4) is 51.0 Å². The summed E-state index contributed by atoms with van der Waals surface area (Å²) in [5.74, 6) is 3.68. The molecule has 1 aliphatic carbocycles. The van der Waals surface area contributed by atoms with Crippen molar-refractivity contribution in [1.82, 2.24) is 0 Å². The SMILES string of the molecule is COc1ccc(C2(c3ccc(OC)cc3)C=Cc3c4c(c5cc(OC)c(OC)cc5c3O2)-c2ccc(-c3ccc(C)cc3)cc2C4(C)C)cc1. The third-order valence-corrected chi connectivity index (χ3v) is 10.6. The van der Waals surface area contributed by atoms with Gasteiger partial charge in [-0.1, -0.05) is 86.2 Å². The van der Waals surface area contributed by atoms with Gasteiger partial charge in [0.05, 0.1) is 28.4 Å². The second-order valence-electron chi connectivity index (χ2n) is 13.6. The lowest BCUT2D eigenvalue weighted by Gasteiger charge is -2.38. The molecule has 0 radical (unpaired) electrons. The van der Waals surface area contributed by atoms with Crippen LogP contribution in [-0.2, 0) is 11.0 Å². The Balaban J connectivity index is 1.41. The van der Waals surface area contributed by atoms with Gasteiger partial charge in [-0.25, -0.2) is 0 Å². The summed E-state index contributed by atoms with van der Waals surface area (Å²) in [6.45, 7) is 6.77. The van der Waals surface area contributed by atoms with Gasteiger partial charge in [0.2, 0.25) is 0 Å². The van der Waals surface area contributed by atoms with Crippen LogP contribution in [0.25, 0.3) is 39.1 Å². The van der Waals surface area contributed by atoms with E-state index in [1.54, 1.807) is 28.4 Å². The van der Waals surface area contributed by atoms with E-state index >= 15 is 0 Å². The summed E-state index contributed by atoms with van der Waals surface area (Å²) in [7, 11) is 6.72. The van der Waals surface area contributed by atoms with Crippen molar-refractivity contribution in [2.45, 2.75) is 31.8 Å². The summed E-state index contributed by atoms with van der Waals surface area (Å²) in [6, 6.07) is 36.0. The van der Waals surface area contributed by atoms with Gasteiger partial charge in [-0.15, -0.1) is 0 Å². The van der Waals surface area contributed by atoms with Gasteiger partial charge in [-0.05, 0) is 94.2 Å². The summed E-state index contributed by atoms with van der Waals surface area (Å²) in [6.07, 6.45) is 4.46. The predicted molar refractivity (Wildman–Crippen MR) is 201 cm³/mol. The molecule has 0 aromatic heterocycles. The number of methoxy groups -OCH3 is 4. The third kappa shape index (κ3) is 4.68. The van der Waals surface area contributed by atoms with Crippen LogP contribution in [-0.4, -0.2) is 28.4 Å². The highest BCUT2D eigenvalue weighted by molar-refractivity contribution is 6.09. The molecule has 0 bridgehead atoms. The van der Waals surface area contributed by atoms with Crippen molar-refractivity contribution in [1.29, 1.82) is 0 Å². The lowest BCUT2D eigenvalue weighted by molar-refractivity contribution is 0.163. The molecular formula is C45H40O5. The first-order chi connectivity index (χ1) is 24.2. The molecule has 1 aliphatic heterocycles. The standard InChI is InChI=1S/C45H40O5/c1-27-8-10-28(11-9-27)29-12-21-34-38(24-29)44(2,3)42-35-22-23-45(30-13-17-32(46-4)18-14-30,31-15-19-33(47-5)20-16-31)50-43(35)37-26-40(49-7)39(48-6)25-36(37)41(34)42/h8-26H,1-7H3. The third-order valence-electron chi connectivity index (χ3n) is 10.6. The van der Waals surface area contributed by atoms with E-state index in [9.17, 15) is 0 Å². The Morgan fingerprint density at radius 1 is 0.580 bits per heavy atom. The van der Waals surface area contributed by atoms with E-state index in [-0.39, 0.29) is 5.41 Å². The fraction of sp³-hybridized carbons (Fsp3) is 0.200. The quantitative estimate of drug-likeness (QED) is 0.171. The molecule has 250 valence electrons. The van der Waals surface area contributed by atoms with Crippen molar-refractivity contribution >= 4 is 16.8 Å². The number of benzene rings is 6. The first-order valence-electron chi connectivity index (χ1n) is 16.9. The Hall–Kier alpha value is -5.68. The molecule has 6 aromatic rings. The molecule has 5 nitrogen and oxygen atoms in total. The maximum atomic E-state index is 7.48. The van der Waals surface area contributed by atoms with Gasteiger partial charge in [-0.3, -0.25) is 0 Å². The molecule has 0 saturated heterocycles. The highest BCUT2D eigenvalue weighted by atomic mass is 16.5. The van der Waals surface area contributed by atoms with E-state index in [0.29, 0.717) is 11.5 Å². The minimum atomic E-state index is -0.936. The molecule has 0 amide bonds. The predicted octanol–water partition coefficient (Wildman–Crippen LogP) is 10.5. The van der Waals surface area contributed by atoms with Crippen molar-refractivity contribution in [3.63, 3.8) is 0 Å². The zero-order valence-corrected chi connectivity index (χ0v) is 29.5. The number of hydrogen-bond donors (Lipinski definition) is 0. The minimum Gasteiger partial charge on any atom is -0.497 e. The van der Waals surface area contributed by atoms with Crippen LogP contribution in [0, 0.1) is 6.92 Å². The monoisotopic (exact) mass is 660 g/mol. The molecule has 6 aromatic carbocycles. The van der Waals surface area contributed by atoms with Crippen LogP contribution in [0.15, 0.2) is 109 Å². The average molecular weight is 661 g/mol. The second kappa shape index (κ2) is 11.7. The van der Waals surface area contributed by atoms with Crippen LogP contribution in [0.2, 0.25) is 0 Å². The van der Waals surface area contributed by atoms with Crippen LogP contribution in [0.1, 0.15) is 47.2 Å². The van der Waals surface area contributed by atoms with Gasteiger partial charge in [0.15, 0.2) is 17.1 Å². The normalized spacial score (nSPS) is 14.7. The fourth-order valence-electron chi connectivity index (χ4n) is 7.89. The van der Waals surface area contributed by atoms with Crippen LogP contribution >= 0.6 is 0 Å². The van der Waals surface area contributed by atoms with Gasteiger partial charge in [0.25, 0.3) is 0 Å². The maximum absolute atomic E-state index is 7.48.